The monoisotopic (exact) mass is 432 g/mol. The third-order valence-corrected chi connectivity index (χ3v) is 5.14. The van der Waals surface area contributed by atoms with Crippen LogP contribution in [-0.2, 0) is 4.79 Å². The fraction of sp³-hybridized carbons (Fsp3) is 0.263. The van der Waals surface area contributed by atoms with Gasteiger partial charge in [-0.3, -0.25) is 4.79 Å². The molecule has 1 aliphatic heterocycles. The Morgan fingerprint density at radius 3 is 2.52 bits per heavy atom. The van der Waals surface area contributed by atoms with Gasteiger partial charge in [-0.25, -0.2) is 0 Å². The summed E-state index contributed by atoms with van der Waals surface area (Å²) in [4.78, 5) is 16.3. The van der Waals surface area contributed by atoms with Crippen molar-refractivity contribution in [3.05, 3.63) is 58.6 Å². The number of halogens is 2. The van der Waals surface area contributed by atoms with E-state index < -0.39 is 0 Å². The lowest BCUT2D eigenvalue weighted by Crippen LogP contribution is -2.50. The first-order chi connectivity index (χ1) is 14.1. The Bertz CT molecular complexity index is 989. The van der Waals surface area contributed by atoms with E-state index in [1.807, 2.05) is 30.3 Å². The summed E-state index contributed by atoms with van der Waals surface area (Å²) in [7, 11) is 0. The van der Waals surface area contributed by atoms with Crippen LogP contribution < -0.4 is 9.64 Å². The molecule has 150 valence electrons. The number of tetrazole rings is 1. The molecule has 1 fully saturated rings. The van der Waals surface area contributed by atoms with Crippen LogP contribution in [-0.4, -0.2) is 63.8 Å². The van der Waals surface area contributed by atoms with Gasteiger partial charge in [-0.15, -0.1) is 0 Å². The average Bonchev–Trinajstić information content (AvgIpc) is 3.23. The molecule has 2 aromatic carbocycles. The van der Waals surface area contributed by atoms with Gasteiger partial charge in [0.25, 0.3) is 5.91 Å². The molecule has 1 saturated heterocycles. The van der Waals surface area contributed by atoms with Gasteiger partial charge in [-0.05, 0) is 40.8 Å². The molecular weight excluding hydrogens is 415 g/mol. The van der Waals surface area contributed by atoms with E-state index >= 15 is 0 Å². The van der Waals surface area contributed by atoms with Crippen molar-refractivity contribution in [3.63, 3.8) is 0 Å². The molecule has 1 aromatic heterocycles. The Morgan fingerprint density at radius 1 is 1.03 bits per heavy atom. The Hall–Kier alpha value is -2.84. The molecule has 0 unspecified atom stereocenters. The molecule has 0 radical (unpaired) electrons. The molecular formula is C19H18Cl2N6O2. The molecule has 0 atom stereocenters. The number of amides is 1. The summed E-state index contributed by atoms with van der Waals surface area (Å²) >= 11 is 12.0. The normalized spacial score (nSPS) is 14.1. The van der Waals surface area contributed by atoms with Gasteiger partial charge in [0.05, 0.1) is 10.7 Å². The lowest BCUT2D eigenvalue weighted by Gasteiger charge is -2.34. The minimum absolute atomic E-state index is 0.0803. The second-order valence-corrected chi connectivity index (χ2v) is 7.30. The number of aromatic nitrogens is 4. The predicted molar refractivity (Wildman–Crippen MR) is 110 cm³/mol. The summed E-state index contributed by atoms with van der Waals surface area (Å²) in [6.45, 7) is 2.28. The van der Waals surface area contributed by atoms with Gasteiger partial charge in [-0.2, -0.15) is 4.68 Å². The second kappa shape index (κ2) is 8.67. The van der Waals surface area contributed by atoms with Crippen LogP contribution >= 0.6 is 23.2 Å². The molecule has 29 heavy (non-hydrogen) atoms. The number of hydrogen-bond acceptors (Lipinski definition) is 6. The Labute approximate surface area is 177 Å². The number of carbonyl (C=O) groups is 1. The van der Waals surface area contributed by atoms with E-state index in [9.17, 15) is 4.79 Å². The van der Waals surface area contributed by atoms with Crippen molar-refractivity contribution < 1.29 is 9.53 Å². The molecule has 0 spiro atoms. The minimum atomic E-state index is -0.0988. The number of ether oxygens (including phenoxy) is 1. The van der Waals surface area contributed by atoms with Crippen molar-refractivity contribution in [2.45, 2.75) is 0 Å². The van der Waals surface area contributed by atoms with E-state index in [0.29, 0.717) is 47.9 Å². The smallest absolute Gasteiger partial charge is 0.260 e. The van der Waals surface area contributed by atoms with Gasteiger partial charge in [0.1, 0.15) is 5.75 Å². The highest BCUT2D eigenvalue weighted by Gasteiger charge is 2.25. The SMILES string of the molecule is O=C(COc1ccc(Cl)cc1Cl)N1CCN(c2nnnn2-c2ccccc2)CC1. The van der Waals surface area contributed by atoms with Crippen LogP contribution in [0.5, 0.6) is 5.75 Å². The molecule has 3 aromatic rings. The maximum atomic E-state index is 12.5. The predicted octanol–water partition coefficient (Wildman–Crippen LogP) is 2.70. The summed E-state index contributed by atoms with van der Waals surface area (Å²) < 4.78 is 7.25. The number of para-hydroxylation sites is 1. The zero-order valence-corrected chi connectivity index (χ0v) is 16.9. The van der Waals surface area contributed by atoms with Crippen LogP contribution in [0, 0.1) is 0 Å². The number of nitrogens with zero attached hydrogens (tertiary/aromatic N) is 6. The van der Waals surface area contributed by atoms with Gasteiger partial charge in [0.15, 0.2) is 6.61 Å². The van der Waals surface area contributed by atoms with Gasteiger partial charge < -0.3 is 14.5 Å². The number of carbonyl (C=O) groups excluding carboxylic acids is 1. The second-order valence-electron chi connectivity index (χ2n) is 6.46. The highest BCUT2D eigenvalue weighted by molar-refractivity contribution is 6.35. The molecule has 8 nitrogen and oxygen atoms in total. The molecule has 0 bridgehead atoms. The quantitative estimate of drug-likeness (QED) is 0.616. The fourth-order valence-corrected chi connectivity index (χ4v) is 3.56. The molecule has 4 rings (SSSR count). The Morgan fingerprint density at radius 2 is 1.79 bits per heavy atom. The highest BCUT2D eigenvalue weighted by Crippen LogP contribution is 2.27. The molecule has 1 amide bonds. The van der Waals surface area contributed by atoms with Crippen molar-refractivity contribution in [1.82, 2.24) is 25.1 Å². The molecule has 1 aliphatic rings. The van der Waals surface area contributed by atoms with Crippen LogP contribution in [0.3, 0.4) is 0 Å². The first-order valence-corrected chi connectivity index (χ1v) is 9.82. The van der Waals surface area contributed by atoms with Gasteiger partial charge in [0.2, 0.25) is 5.95 Å². The molecule has 2 heterocycles. The van der Waals surface area contributed by atoms with Crippen LogP contribution in [0.4, 0.5) is 5.95 Å². The maximum Gasteiger partial charge on any atom is 0.260 e. The fourth-order valence-electron chi connectivity index (χ4n) is 3.09. The van der Waals surface area contributed by atoms with Crippen molar-refractivity contribution >= 4 is 35.1 Å². The molecule has 10 heteroatoms. The topological polar surface area (TPSA) is 76.4 Å². The van der Waals surface area contributed by atoms with Crippen LogP contribution in [0.25, 0.3) is 5.69 Å². The summed E-state index contributed by atoms with van der Waals surface area (Å²) in [5.74, 6) is 0.996. The standard InChI is InChI=1S/C19H18Cl2N6O2/c20-14-6-7-17(16(21)12-14)29-13-18(28)25-8-10-26(11-9-25)19-22-23-24-27(19)15-4-2-1-3-5-15/h1-7,12H,8-11,13H2. The lowest BCUT2D eigenvalue weighted by molar-refractivity contribution is -0.133. The third kappa shape index (κ3) is 4.44. The first kappa shape index (κ1) is 19.5. The minimum Gasteiger partial charge on any atom is -0.482 e. The number of rotatable bonds is 5. The molecule has 0 saturated carbocycles. The van der Waals surface area contributed by atoms with Crippen LogP contribution in [0.1, 0.15) is 0 Å². The summed E-state index contributed by atoms with van der Waals surface area (Å²) in [5, 5.41) is 12.9. The van der Waals surface area contributed by atoms with Gasteiger partial charge in [0, 0.05) is 31.2 Å². The molecule has 0 aliphatic carbocycles. The van der Waals surface area contributed by atoms with Crippen molar-refractivity contribution in [3.8, 4) is 11.4 Å². The summed E-state index contributed by atoms with van der Waals surface area (Å²) in [5.41, 5.74) is 0.888. The van der Waals surface area contributed by atoms with E-state index in [2.05, 4.69) is 20.4 Å². The number of benzene rings is 2. The van der Waals surface area contributed by atoms with Crippen molar-refractivity contribution in [1.29, 1.82) is 0 Å². The average molecular weight is 433 g/mol. The first-order valence-electron chi connectivity index (χ1n) is 9.06. The lowest BCUT2D eigenvalue weighted by atomic mass is 10.3. The number of hydrogen-bond donors (Lipinski definition) is 0. The van der Waals surface area contributed by atoms with E-state index in [4.69, 9.17) is 27.9 Å². The van der Waals surface area contributed by atoms with Crippen molar-refractivity contribution in [2.24, 2.45) is 0 Å². The number of piperazine rings is 1. The van der Waals surface area contributed by atoms with E-state index in [0.717, 1.165) is 5.69 Å². The van der Waals surface area contributed by atoms with Crippen LogP contribution in [0.2, 0.25) is 10.0 Å². The molecule has 0 N–H and O–H groups in total. The Balaban J connectivity index is 1.34. The summed E-state index contributed by atoms with van der Waals surface area (Å²) in [6, 6.07) is 14.6. The summed E-state index contributed by atoms with van der Waals surface area (Å²) in [6.07, 6.45) is 0. The Kier molecular flexibility index (Phi) is 5.82. The highest BCUT2D eigenvalue weighted by atomic mass is 35.5. The van der Waals surface area contributed by atoms with Gasteiger partial charge >= 0.3 is 0 Å². The zero-order chi connectivity index (χ0) is 20.2. The van der Waals surface area contributed by atoms with Gasteiger partial charge in [-0.1, -0.05) is 46.5 Å². The third-order valence-electron chi connectivity index (χ3n) is 4.61. The largest absolute Gasteiger partial charge is 0.482 e. The van der Waals surface area contributed by atoms with E-state index in [1.165, 1.54) is 0 Å². The zero-order valence-electron chi connectivity index (χ0n) is 15.4. The van der Waals surface area contributed by atoms with E-state index in [-0.39, 0.29) is 12.5 Å². The van der Waals surface area contributed by atoms with Crippen molar-refractivity contribution in [2.75, 3.05) is 37.7 Å². The van der Waals surface area contributed by atoms with Crippen LogP contribution in [0.15, 0.2) is 48.5 Å². The number of anilines is 1. The van der Waals surface area contributed by atoms with E-state index in [1.54, 1.807) is 27.8 Å². The maximum absolute atomic E-state index is 12.5.